The Hall–Kier alpha value is -0.380. The molecule has 1 aliphatic rings. The molecule has 0 spiro atoms. The van der Waals surface area contributed by atoms with Crippen LogP contribution in [0.25, 0.3) is 0 Å². The van der Waals surface area contributed by atoms with Gasteiger partial charge >= 0.3 is 0 Å². The Kier molecular flexibility index (Phi) is 3.21. The van der Waals surface area contributed by atoms with Crippen molar-refractivity contribution in [2.24, 2.45) is 0 Å². The van der Waals surface area contributed by atoms with Crippen LogP contribution in [0.15, 0.2) is 12.1 Å². The monoisotopic (exact) mass is 211 g/mol. The van der Waals surface area contributed by atoms with Gasteiger partial charge in [0.1, 0.15) is 0 Å². The van der Waals surface area contributed by atoms with E-state index in [0.717, 1.165) is 13.0 Å². The highest BCUT2D eigenvalue weighted by molar-refractivity contribution is 7.12. The standard InChI is InChI=1S/C11H17NOS/c1-8-2-3-11(14-8)9-4-5-12-10(6-9)7-13/h2-3,9-10,12-13H,4-7H2,1H3. The Bertz CT molecular complexity index is 297. The number of hydrogen-bond donors (Lipinski definition) is 2. The van der Waals surface area contributed by atoms with E-state index in [2.05, 4.69) is 24.4 Å². The molecule has 2 N–H and O–H groups in total. The fourth-order valence-electron chi connectivity index (χ4n) is 2.08. The summed E-state index contributed by atoms with van der Waals surface area (Å²) in [5.41, 5.74) is 0. The molecule has 78 valence electrons. The molecule has 2 unspecified atom stereocenters. The van der Waals surface area contributed by atoms with Crippen molar-refractivity contribution in [3.63, 3.8) is 0 Å². The number of aryl methyl sites for hydroxylation is 1. The molecular weight excluding hydrogens is 194 g/mol. The zero-order valence-electron chi connectivity index (χ0n) is 8.49. The van der Waals surface area contributed by atoms with Crippen molar-refractivity contribution in [2.45, 2.75) is 31.7 Å². The highest BCUT2D eigenvalue weighted by atomic mass is 32.1. The molecule has 1 aliphatic heterocycles. The number of nitrogens with one attached hydrogen (secondary N) is 1. The van der Waals surface area contributed by atoms with Crippen molar-refractivity contribution in [3.8, 4) is 0 Å². The van der Waals surface area contributed by atoms with Crippen molar-refractivity contribution < 1.29 is 5.11 Å². The van der Waals surface area contributed by atoms with E-state index in [4.69, 9.17) is 5.11 Å². The summed E-state index contributed by atoms with van der Waals surface area (Å²) < 4.78 is 0. The van der Waals surface area contributed by atoms with Gasteiger partial charge in [-0.05, 0) is 44.4 Å². The second-order valence-electron chi connectivity index (χ2n) is 4.00. The van der Waals surface area contributed by atoms with Gasteiger partial charge in [0.15, 0.2) is 0 Å². The van der Waals surface area contributed by atoms with Crippen LogP contribution in [0, 0.1) is 6.92 Å². The van der Waals surface area contributed by atoms with E-state index in [1.165, 1.54) is 16.2 Å². The third-order valence-electron chi connectivity index (χ3n) is 2.88. The van der Waals surface area contributed by atoms with Gasteiger partial charge in [-0.3, -0.25) is 0 Å². The predicted octanol–water partition coefficient (Wildman–Crippen LogP) is 1.88. The second-order valence-corrected chi connectivity index (χ2v) is 5.32. The van der Waals surface area contributed by atoms with Crippen LogP contribution in [-0.2, 0) is 0 Å². The van der Waals surface area contributed by atoms with Crippen LogP contribution in [0.2, 0.25) is 0 Å². The minimum Gasteiger partial charge on any atom is -0.395 e. The van der Waals surface area contributed by atoms with Gasteiger partial charge in [0, 0.05) is 15.8 Å². The summed E-state index contributed by atoms with van der Waals surface area (Å²) in [5.74, 6) is 0.659. The van der Waals surface area contributed by atoms with Gasteiger partial charge in [0.05, 0.1) is 6.61 Å². The normalized spacial score (nSPS) is 27.9. The second kappa shape index (κ2) is 4.43. The summed E-state index contributed by atoms with van der Waals surface area (Å²) in [4.78, 5) is 2.88. The lowest BCUT2D eigenvalue weighted by molar-refractivity contribution is 0.211. The first kappa shape index (κ1) is 10.1. The molecule has 3 heteroatoms. The Morgan fingerprint density at radius 1 is 1.57 bits per heavy atom. The highest BCUT2D eigenvalue weighted by Gasteiger charge is 2.22. The maximum atomic E-state index is 9.10. The van der Waals surface area contributed by atoms with E-state index in [1.54, 1.807) is 0 Å². The van der Waals surface area contributed by atoms with Crippen molar-refractivity contribution in [2.75, 3.05) is 13.2 Å². The lowest BCUT2D eigenvalue weighted by Gasteiger charge is -2.28. The molecule has 2 heterocycles. The number of aliphatic hydroxyl groups excluding tert-OH is 1. The molecule has 0 aromatic carbocycles. The zero-order chi connectivity index (χ0) is 9.97. The lowest BCUT2D eigenvalue weighted by Crippen LogP contribution is -2.39. The average Bonchev–Trinajstić information content (AvgIpc) is 2.65. The van der Waals surface area contributed by atoms with E-state index in [1.807, 2.05) is 11.3 Å². The van der Waals surface area contributed by atoms with E-state index in [-0.39, 0.29) is 6.61 Å². The van der Waals surface area contributed by atoms with Gasteiger partial charge in [0.2, 0.25) is 0 Å². The summed E-state index contributed by atoms with van der Waals surface area (Å²) in [6, 6.07) is 4.73. The highest BCUT2D eigenvalue weighted by Crippen LogP contribution is 2.32. The number of rotatable bonds is 2. The first-order chi connectivity index (χ1) is 6.79. The maximum absolute atomic E-state index is 9.10. The topological polar surface area (TPSA) is 32.3 Å². The van der Waals surface area contributed by atoms with Crippen LogP contribution < -0.4 is 5.32 Å². The predicted molar refractivity (Wildman–Crippen MR) is 59.9 cm³/mol. The van der Waals surface area contributed by atoms with Crippen molar-refractivity contribution in [1.29, 1.82) is 0 Å². The number of aliphatic hydroxyl groups is 1. The first-order valence-corrected chi connectivity index (χ1v) is 6.02. The molecule has 0 bridgehead atoms. The minimum atomic E-state index is 0.265. The van der Waals surface area contributed by atoms with Gasteiger partial charge in [-0.25, -0.2) is 0 Å². The maximum Gasteiger partial charge on any atom is 0.0584 e. The molecule has 0 aliphatic carbocycles. The Morgan fingerprint density at radius 2 is 2.43 bits per heavy atom. The molecule has 14 heavy (non-hydrogen) atoms. The molecule has 0 radical (unpaired) electrons. The van der Waals surface area contributed by atoms with Gasteiger partial charge < -0.3 is 10.4 Å². The van der Waals surface area contributed by atoms with Crippen molar-refractivity contribution in [1.82, 2.24) is 5.32 Å². The third-order valence-corrected chi connectivity index (χ3v) is 4.04. The van der Waals surface area contributed by atoms with Crippen LogP contribution in [-0.4, -0.2) is 24.3 Å². The molecule has 2 nitrogen and oxygen atoms in total. The third kappa shape index (κ3) is 2.16. The Morgan fingerprint density at radius 3 is 3.07 bits per heavy atom. The SMILES string of the molecule is Cc1ccc(C2CCNC(CO)C2)s1. The molecule has 1 aromatic rings. The molecule has 2 atom stereocenters. The molecule has 1 fully saturated rings. The molecule has 0 amide bonds. The summed E-state index contributed by atoms with van der Waals surface area (Å²) in [7, 11) is 0. The fourth-order valence-corrected chi connectivity index (χ4v) is 3.10. The number of hydrogen-bond acceptors (Lipinski definition) is 3. The molecule has 2 rings (SSSR count). The van der Waals surface area contributed by atoms with Gasteiger partial charge in [-0.1, -0.05) is 0 Å². The first-order valence-electron chi connectivity index (χ1n) is 5.20. The smallest absolute Gasteiger partial charge is 0.0584 e. The molecule has 1 aromatic heterocycles. The van der Waals surface area contributed by atoms with Crippen LogP contribution in [0.3, 0.4) is 0 Å². The zero-order valence-corrected chi connectivity index (χ0v) is 9.31. The minimum absolute atomic E-state index is 0.265. The number of piperidine rings is 1. The van der Waals surface area contributed by atoms with Crippen molar-refractivity contribution >= 4 is 11.3 Å². The average molecular weight is 211 g/mol. The van der Waals surface area contributed by atoms with E-state index in [9.17, 15) is 0 Å². The summed E-state index contributed by atoms with van der Waals surface area (Å²) in [6.07, 6.45) is 2.28. The van der Waals surface area contributed by atoms with Gasteiger partial charge in [-0.2, -0.15) is 0 Å². The Balaban J connectivity index is 2.04. The van der Waals surface area contributed by atoms with E-state index in [0.29, 0.717) is 12.0 Å². The van der Waals surface area contributed by atoms with Gasteiger partial charge in [0.25, 0.3) is 0 Å². The molecule has 1 saturated heterocycles. The van der Waals surface area contributed by atoms with Crippen LogP contribution in [0.5, 0.6) is 0 Å². The largest absolute Gasteiger partial charge is 0.395 e. The van der Waals surface area contributed by atoms with Crippen LogP contribution in [0.4, 0.5) is 0 Å². The van der Waals surface area contributed by atoms with E-state index >= 15 is 0 Å². The summed E-state index contributed by atoms with van der Waals surface area (Å²) in [6.45, 7) is 3.45. The van der Waals surface area contributed by atoms with Crippen molar-refractivity contribution in [3.05, 3.63) is 21.9 Å². The lowest BCUT2D eigenvalue weighted by atomic mass is 9.91. The Labute approximate surface area is 89.0 Å². The van der Waals surface area contributed by atoms with Crippen LogP contribution >= 0.6 is 11.3 Å². The quantitative estimate of drug-likeness (QED) is 0.783. The van der Waals surface area contributed by atoms with Gasteiger partial charge in [-0.15, -0.1) is 11.3 Å². The van der Waals surface area contributed by atoms with E-state index < -0.39 is 0 Å². The summed E-state index contributed by atoms with van der Waals surface area (Å²) in [5, 5.41) is 12.4. The molecular formula is C11H17NOS. The van der Waals surface area contributed by atoms with Crippen LogP contribution in [0.1, 0.15) is 28.5 Å². The summed E-state index contributed by atoms with van der Waals surface area (Å²) >= 11 is 1.90. The number of thiophene rings is 1. The molecule has 0 saturated carbocycles. The fraction of sp³-hybridized carbons (Fsp3) is 0.636.